The molecule has 1 fully saturated rings. The van der Waals surface area contributed by atoms with Gasteiger partial charge in [0.05, 0.1) is 9.40 Å². The van der Waals surface area contributed by atoms with Crippen molar-refractivity contribution in [1.29, 1.82) is 0 Å². The lowest BCUT2D eigenvalue weighted by atomic mass is 10.1. The van der Waals surface area contributed by atoms with E-state index in [4.69, 9.17) is 0 Å². The van der Waals surface area contributed by atoms with Gasteiger partial charge in [-0.05, 0) is 41.7 Å². The first-order chi connectivity index (χ1) is 8.66. The van der Waals surface area contributed by atoms with Gasteiger partial charge in [-0.15, -0.1) is 0 Å². The summed E-state index contributed by atoms with van der Waals surface area (Å²) in [6.07, 6.45) is 4.76. The predicted molar refractivity (Wildman–Crippen MR) is 72.7 cm³/mol. The molecule has 0 bridgehead atoms. The van der Waals surface area contributed by atoms with E-state index in [1.54, 1.807) is 0 Å². The van der Waals surface area contributed by atoms with E-state index in [1.807, 2.05) is 0 Å². The smallest absolute Gasteiger partial charge is 0.288 e. The van der Waals surface area contributed by atoms with Gasteiger partial charge in [0.15, 0.2) is 0 Å². The van der Waals surface area contributed by atoms with E-state index in [0.717, 1.165) is 19.5 Å². The number of hydrogen-bond acceptors (Lipinski definition) is 5. The quantitative estimate of drug-likeness (QED) is 0.644. The van der Waals surface area contributed by atoms with Gasteiger partial charge in [-0.3, -0.25) is 10.1 Å². The van der Waals surface area contributed by atoms with E-state index >= 15 is 0 Å². The normalized spacial score (nSPS) is 18.8. The van der Waals surface area contributed by atoms with Crippen LogP contribution in [0.4, 0.5) is 11.5 Å². The molecule has 1 atom stereocenters. The van der Waals surface area contributed by atoms with E-state index < -0.39 is 4.92 Å². The van der Waals surface area contributed by atoms with Gasteiger partial charge in [0, 0.05) is 18.7 Å². The number of nitro groups is 1. The Balaban J connectivity index is 1.87. The molecular weight excluding hydrogens is 300 g/mol. The zero-order valence-corrected chi connectivity index (χ0v) is 11.4. The number of nitrogens with one attached hydrogen (secondary N) is 2. The molecule has 18 heavy (non-hydrogen) atoms. The van der Waals surface area contributed by atoms with Crippen molar-refractivity contribution in [2.24, 2.45) is 0 Å². The second-order valence-corrected chi connectivity index (χ2v) is 5.14. The predicted octanol–water partition coefficient (Wildman–Crippen LogP) is 2.31. The fraction of sp³-hybridized carbons (Fsp3) is 0.545. The Morgan fingerprint density at radius 3 is 3.11 bits per heavy atom. The summed E-state index contributed by atoms with van der Waals surface area (Å²) in [6.45, 7) is 1.91. The van der Waals surface area contributed by atoms with Crippen LogP contribution in [0.15, 0.2) is 16.7 Å². The third-order valence-corrected chi connectivity index (χ3v) is 3.59. The molecule has 0 aliphatic carbocycles. The largest absolute Gasteiger partial charge is 0.369 e. The van der Waals surface area contributed by atoms with E-state index in [9.17, 15) is 10.1 Å². The molecule has 7 heteroatoms. The van der Waals surface area contributed by atoms with Crippen LogP contribution in [-0.4, -0.2) is 29.0 Å². The number of anilines is 1. The Labute approximate surface area is 113 Å². The Morgan fingerprint density at radius 1 is 1.67 bits per heavy atom. The second-order valence-electron chi connectivity index (χ2n) is 4.29. The van der Waals surface area contributed by atoms with Gasteiger partial charge in [0.25, 0.3) is 5.69 Å². The third kappa shape index (κ3) is 3.39. The van der Waals surface area contributed by atoms with Crippen molar-refractivity contribution < 1.29 is 4.92 Å². The van der Waals surface area contributed by atoms with Gasteiger partial charge < -0.3 is 10.6 Å². The van der Waals surface area contributed by atoms with Gasteiger partial charge >= 0.3 is 0 Å². The molecule has 2 N–H and O–H groups in total. The van der Waals surface area contributed by atoms with Crippen LogP contribution in [0.25, 0.3) is 0 Å². The highest BCUT2D eigenvalue weighted by Crippen LogP contribution is 2.24. The summed E-state index contributed by atoms with van der Waals surface area (Å²) in [5.74, 6) is 0.651. The van der Waals surface area contributed by atoms with Gasteiger partial charge in [0.1, 0.15) is 12.0 Å². The minimum absolute atomic E-state index is 0.00937. The maximum atomic E-state index is 10.6. The average Bonchev–Trinajstić information content (AvgIpc) is 2.84. The van der Waals surface area contributed by atoms with Crippen LogP contribution in [0.2, 0.25) is 0 Å². The highest BCUT2D eigenvalue weighted by Gasteiger charge is 2.14. The SMILES string of the molecule is O=[N+]([O-])c1cnc(NCCC2CCCN2)c(Br)c1. The minimum atomic E-state index is -0.454. The molecular formula is C11H15BrN4O2. The second kappa shape index (κ2) is 6.10. The Morgan fingerprint density at radius 2 is 2.50 bits per heavy atom. The van der Waals surface area contributed by atoms with E-state index in [2.05, 4.69) is 31.5 Å². The summed E-state index contributed by atoms with van der Waals surface area (Å²) in [5.41, 5.74) is -0.00937. The molecule has 2 heterocycles. The van der Waals surface area contributed by atoms with Crippen molar-refractivity contribution in [3.63, 3.8) is 0 Å². The van der Waals surface area contributed by atoms with Crippen LogP contribution in [0.3, 0.4) is 0 Å². The van der Waals surface area contributed by atoms with Crippen molar-refractivity contribution in [3.8, 4) is 0 Å². The monoisotopic (exact) mass is 314 g/mol. The van der Waals surface area contributed by atoms with E-state index in [0.29, 0.717) is 16.3 Å². The van der Waals surface area contributed by atoms with Crippen LogP contribution in [0.1, 0.15) is 19.3 Å². The molecule has 0 spiro atoms. The number of halogens is 1. The molecule has 1 aliphatic rings. The van der Waals surface area contributed by atoms with Crippen LogP contribution < -0.4 is 10.6 Å². The molecule has 0 amide bonds. The lowest BCUT2D eigenvalue weighted by Gasteiger charge is -2.11. The summed E-state index contributed by atoms with van der Waals surface area (Å²) in [7, 11) is 0. The molecule has 6 nitrogen and oxygen atoms in total. The fourth-order valence-corrected chi connectivity index (χ4v) is 2.50. The fourth-order valence-electron chi connectivity index (χ4n) is 2.03. The molecule has 1 saturated heterocycles. The standard InChI is InChI=1S/C11H15BrN4O2/c12-10-6-9(16(17)18)7-15-11(10)14-5-3-8-2-1-4-13-8/h6-8,13H,1-5H2,(H,14,15). The first-order valence-corrected chi connectivity index (χ1v) is 6.73. The lowest BCUT2D eigenvalue weighted by molar-refractivity contribution is -0.385. The summed E-state index contributed by atoms with van der Waals surface area (Å²) in [5, 5.41) is 17.2. The molecule has 2 rings (SSSR count). The maximum Gasteiger partial charge on any atom is 0.288 e. The van der Waals surface area contributed by atoms with Crippen molar-refractivity contribution >= 4 is 27.4 Å². The summed E-state index contributed by atoms with van der Waals surface area (Å²) in [4.78, 5) is 14.2. The van der Waals surface area contributed by atoms with Gasteiger partial charge in [-0.25, -0.2) is 4.98 Å². The van der Waals surface area contributed by atoms with Crippen molar-refractivity contribution in [2.75, 3.05) is 18.4 Å². The van der Waals surface area contributed by atoms with E-state index in [-0.39, 0.29) is 5.69 Å². The Bertz CT molecular complexity index is 435. The summed E-state index contributed by atoms with van der Waals surface area (Å²) >= 11 is 3.28. The first kappa shape index (κ1) is 13.2. The van der Waals surface area contributed by atoms with E-state index in [1.165, 1.54) is 25.1 Å². The molecule has 0 radical (unpaired) electrons. The number of hydrogen-bond donors (Lipinski definition) is 2. The number of nitrogens with zero attached hydrogens (tertiary/aromatic N) is 2. The molecule has 1 aromatic heterocycles. The molecule has 98 valence electrons. The molecule has 0 aromatic carbocycles. The van der Waals surface area contributed by atoms with Crippen LogP contribution in [0.5, 0.6) is 0 Å². The van der Waals surface area contributed by atoms with Crippen molar-refractivity contribution in [2.45, 2.75) is 25.3 Å². The number of pyridine rings is 1. The minimum Gasteiger partial charge on any atom is -0.369 e. The van der Waals surface area contributed by atoms with Gasteiger partial charge in [-0.1, -0.05) is 0 Å². The topological polar surface area (TPSA) is 80.1 Å². The highest BCUT2D eigenvalue weighted by molar-refractivity contribution is 9.10. The molecule has 1 aromatic rings. The highest BCUT2D eigenvalue weighted by atomic mass is 79.9. The number of rotatable bonds is 5. The zero-order chi connectivity index (χ0) is 13.0. The van der Waals surface area contributed by atoms with Crippen LogP contribution in [-0.2, 0) is 0 Å². The van der Waals surface area contributed by atoms with Gasteiger partial charge in [-0.2, -0.15) is 0 Å². The Hall–Kier alpha value is -1.21. The summed E-state index contributed by atoms with van der Waals surface area (Å²) < 4.78 is 0.621. The zero-order valence-electron chi connectivity index (χ0n) is 9.86. The maximum absolute atomic E-state index is 10.6. The average molecular weight is 315 g/mol. The summed E-state index contributed by atoms with van der Waals surface area (Å²) in [6, 6.07) is 2.04. The first-order valence-electron chi connectivity index (χ1n) is 5.94. The number of aromatic nitrogens is 1. The van der Waals surface area contributed by atoms with Crippen molar-refractivity contribution in [3.05, 3.63) is 26.9 Å². The molecule has 1 aliphatic heterocycles. The van der Waals surface area contributed by atoms with Crippen molar-refractivity contribution in [1.82, 2.24) is 10.3 Å². The molecule has 0 saturated carbocycles. The van der Waals surface area contributed by atoms with Gasteiger partial charge in [0.2, 0.25) is 0 Å². The Kier molecular flexibility index (Phi) is 4.48. The van der Waals surface area contributed by atoms with Crippen LogP contribution >= 0.6 is 15.9 Å². The lowest BCUT2D eigenvalue weighted by Crippen LogP contribution is -2.24. The molecule has 1 unspecified atom stereocenters. The third-order valence-electron chi connectivity index (χ3n) is 2.99. The van der Waals surface area contributed by atoms with Crippen LogP contribution in [0, 0.1) is 10.1 Å².